The first-order valence-corrected chi connectivity index (χ1v) is 5.66. The van der Waals surface area contributed by atoms with Crippen molar-refractivity contribution in [2.45, 2.75) is 12.2 Å². The molecule has 6 nitrogen and oxygen atoms in total. The molecule has 0 saturated heterocycles. The number of hydrogen-bond acceptors (Lipinski definition) is 5. The number of hydrogen-bond donors (Lipinski definition) is 3. The Hall–Kier alpha value is -2.18. The van der Waals surface area contributed by atoms with Gasteiger partial charge in [-0.1, -0.05) is 24.3 Å². The minimum absolute atomic E-state index is 0.432. The van der Waals surface area contributed by atoms with E-state index in [1.165, 1.54) is 0 Å². The largest absolute Gasteiger partial charge is 0.467 e. The van der Waals surface area contributed by atoms with E-state index < -0.39 is 18.2 Å². The SMILES string of the molecule is COC(=O)C(O)C(O)c1ccc(-c2cnc[nH]2)cc1. The Bertz CT molecular complexity index is 536. The smallest absolute Gasteiger partial charge is 0.337 e. The summed E-state index contributed by atoms with van der Waals surface area (Å²) in [5.74, 6) is -0.870. The van der Waals surface area contributed by atoms with E-state index in [0.29, 0.717) is 5.56 Å². The first-order valence-electron chi connectivity index (χ1n) is 5.66. The molecule has 1 aromatic carbocycles. The number of nitrogens with zero attached hydrogens (tertiary/aromatic N) is 1. The summed E-state index contributed by atoms with van der Waals surface area (Å²) >= 11 is 0. The van der Waals surface area contributed by atoms with Crippen LogP contribution in [0.15, 0.2) is 36.8 Å². The molecule has 1 aromatic heterocycles. The molecule has 100 valence electrons. The van der Waals surface area contributed by atoms with Gasteiger partial charge in [-0.15, -0.1) is 0 Å². The maximum atomic E-state index is 11.1. The number of benzene rings is 1. The van der Waals surface area contributed by atoms with Crippen LogP contribution in [0.1, 0.15) is 11.7 Å². The molecule has 2 unspecified atom stereocenters. The molecule has 0 aliphatic rings. The van der Waals surface area contributed by atoms with Gasteiger partial charge in [-0.05, 0) is 11.1 Å². The highest BCUT2D eigenvalue weighted by Crippen LogP contribution is 2.22. The maximum Gasteiger partial charge on any atom is 0.337 e. The van der Waals surface area contributed by atoms with E-state index in [1.807, 2.05) is 0 Å². The molecule has 0 aliphatic carbocycles. The number of methoxy groups -OCH3 is 1. The quantitative estimate of drug-likeness (QED) is 0.703. The lowest BCUT2D eigenvalue weighted by molar-refractivity contribution is -0.156. The Labute approximate surface area is 109 Å². The van der Waals surface area contributed by atoms with Crippen molar-refractivity contribution in [2.24, 2.45) is 0 Å². The van der Waals surface area contributed by atoms with Gasteiger partial charge in [0.2, 0.25) is 0 Å². The number of H-pyrrole nitrogens is 1. The fourth-order valence-electron chi connectivity index (χ4n) is 1.71. The number of imidazole rings is 1. The molecule has 0 radical (unpaired) electrons. The highest BCUT2D eigenvalue weighted by molar-refractivity contribution is 5.75. The highest BCUT2D eigenvalue weighted by Gasteiger charge is 2.26. The summed E-state index contributed by atoms with van der Waals surface area (Å²) in [7, 11) is 1.15. The molecule has 0 fully saturated rings. The summed E-state index contributed by atoms with van der Waals surface area (Å²) in [4.78, 5) is 18.0. The standard InChI is InChI=1S/C13H14N2O4/c1-19-13(18)12(17)11(16)9-4-2-8(3-5-9)10-6-14-7-15-10/h2-7,11-12,16-17H,1H3,(H,14,15). The number of aliphatic hydroxyl groups excluding tert-OH is 2. The van der Waals surface area contributed by atoms with Crippen molar-refractivity contribution < 1.29 is 19.7 Å². The van der Waals surface area contributed by atoms with Gasteiger partial charge in [0.25, 0.3) is 0 Å². The summed E-state index contributed by atoms with van der Waals surface area (Å²) in [6.45, 7) is 0. The van der Waals surface area contributed by atoms with Crippen molar-refractivity contribution >= 4 is 5.97 Å². The second-order valence-corrected chi connectivity index (χ2v) is 4.00. The first kappa shape index (κ1) is 13.3. The van der Waals surface area contributed by atoms with Crippen LogP contribution in [0.25, 0.3) is 11.3 Å². The molecular formula is C13H14N2O4. The lowest BCUT2D eigenvalue weighted by Gasteiger charge is -2.16. The fourth-order valence-corrected chi connectivity index (χ4v) is 1.71. The van der Waals surface area contributed by atoms with Crippen LogP contribution in [0.4, 0.5) is 0 Å². The number of rotatable bonds is 4. The van der Waals surface area contributed by atoms with Gasteiger partial charge in [0, 0.05) is 0 Å². The van der Waals surface area contributed by atoms with Crippen LogP contribution in [0.5, 0.6) is 0 Å². The zero-order valence-corrected chi connectivity index (χ0v) is 10.3. The molecular weight excluding hydrogens is 248 g/mol. The Kier molecular flexibility index (Phi) is 3.94. The van der Waals surface area contributed by atoms with Crippen molar-refractivity contribution in [1.29, 1.82) is 0 Å². The summed E-state index contributed by atoms with van der Waals surface area (Å²) in [5, 5.41) is 19.4. The van der Waals surface area contributed by atoms with E-state index in [4.69, 9.17) is 0 Å². The molecule has 0 spiro atoms. The van der Waals surface area contributed by atoms with Gasteiger partial charge in [-0.2, -0.15) is 0 Å². The third-order valence-corrected chi connectivity index (χ3v) is 2.80. The average Bonchev–Trinajstić information content (AvgIpc) is 2.99. The minimum atomic E-state index is -1.59. The number of esters is 1. The lowest BCUT2D eigenvalue weighted by atomic mass is 10.0. The van der Waals surface area contributed by atoms with Crippen LogP contribution >= 0.6 is 0 Å². The molecule has 19 heavy (non-hydrogen) atoms. The Morgan fingerprint density at radius 3 is 2.53 bits per heavy atom. The van der Waals surface area contributed by atoms with E-state index in [-0.39, 0.29) is 0 Å². The number of aliphatic hydroxyl groups is 2. The number of carbonyl (C=O) groups excluding carboxylic acids is 1. The minimum Gasteiger partial charge on any atom is -0.467 e. The predicted molar refractivity (Wildman–Crippen MR) is 67.0 cm³/mol. The van der Waals surface area contributed by atoms with Crippen molar-refractivity contribution in [3.8, 4) is 11.3 Å². The third-order valence-electron chi connectivity index (χ3n) is 2.80. The molecule has 0 bridgehead atoms. The average molecular weight is 262 g/mol. The molecule has 2 atom stereocenters. The van der Waals surface area contributed by atoms with Gasteiger partial charge in [-0.25, -0.2) is 9.78 Å². The van der Waals surface area contributed by atoms with E-state index in [9.17, 15) is 15.0 Å². The van der Waals surface area contributed by atoms with E-state index in [1.54, 1.807) is 36.8 Å². The van der Waals surface area contributed by atoms with Gasteiger partial charge < -0.3 is 19.9 Å². The van der Waals surface area contributed by atoms with Crippen LogP contribution in [-0.2, 0) is 9.53 Å². The topological polar surface area (TPSA) is 95.4 Å². The van der Waals surface area contributed by atoms with Gasteiger partial charge in [0.15, 0.2) is 6.10 Å². The normalized spacial score (nSPS) is 13.8. The Morgan fingerprint density at radius 2 is 2.00 bits per heavy atom. The van der Waals surface area contributed by atoms with E-state index in [0.717, 1.165) is 18.4 Å². The molecule has 0 amide bonds. The second kappa shape index (κ2) is 5.64. The number of aromatic nitrogens is 2. The van der Waals surface area contributed by atoms with Crippen molar-refractivity contribution in [3.05, 3.63) is 42.4 Å². The molecule has 6 heteroatoms. The van der Waals surface area contributed by atoms with Crippen LogP contribution in [0, 0.1) is 0 Å². The molecule has 2 rings (SSSR count). The van der Waals surface area contributed by atoms with Crippen LogP contribution in [0.2, 0.25) is 0 Å². The number of ether oxygens (including phenoxy) is 1. The lowest BCUT2D eigenvalue weighted by Crippen LogP contribution is -2.28. The fraction of sp³-hybridized carbons (Fsp3) is 0.231. The van der Waals surface area contributed by atoms with Gasteiger partial charge in [0.05, 0.1) is 25.3 Å². The van der Waals surface area contributed by atoms with Gasteiger partial charge in [-0.3, -0.25) is 0 Å². The first-order chi connectivity index (χ1) is 9.13. The van der Waals surface area contributed by atoms with E-state index in [2.05, 4.69) is 14.7 Å². The third kappa shape index (κ3) is 2.81. The number of aromatic amines is 1. The Balaban J connectivity index is 2.16. The monoisotopic (exact) mass is 262 g/mol. The molecule has 1 heterocycles. The Morgan fingerprint density at radius 1 is 1.32 bits per heavy atom. The van der Waals surface area contributed by atoms with Crippen LogP contribution in [-0.4, -0.2) is 39.4 Å². The van der Waals surface area contributed by atoms with Crippen LogP contribution < -0.4 is 0 Å². The summed E-state index contributed by atoms with van der Waals surface area (Å²) in [6, 6.07) is 6.78. The highest BCUT2D eigenvalue weighted by atomic mass is 16.5. The molecule has 2 aromatic rings. The maximum absolute atomic E-state index is 11.1. The second-order valence-electron chi connectivity index (χ2n) is 4.00. The molecule has 0 aliphatic heterocycles. The summed E-state index contributed by atoms with van der Waals surface area (Å²) in [6.07, 6.45) is 0.333. The van der Waals surface area contributed by atoms with Gasteiger partial charge in [0.1, 0.15) is 6.10 Å². The number of carbonyl (C=O) groups is 1. The van der Waals surface area contributed by atoms with Crippen molar-refractivity contribution in [1.82, 2.24) is 9.97 Å². The van der Waals surface area contributed by atoms with E-state index >= 15 is 0 Å². The zero-order chi connectivity index (χ0) is 13.8. The predicted octanol–water partition coefficient (Wildman–Crippen LogP) is 0.644. The number of nitrogens with one attached hydrogen (secondary N) is 1. The summed E-state index contributed by atoms with van der Waals surface area (Å²) < 4.78 is 4.38. The zero-order valence-electron chi connectivity index (χ0n) is 10.3. The summed E-state index contributed by atoms with van der Waals surface area (Å²) in [5.41, 5.74) is 2.16. The molecule has 3 N–H and O–H groups in total. The van der Waals surface area contributed by atoms with Crippen molar-refractivity contribution in [3.63, 3.8) is 0 Å². The van der Waals surface area contributed by atoms with Crippen LogP contribution in [0.3, 0.4) is 0 Å². The van der Waals surface area contributed by atoms with Crippen molar-refractivity contribution in [2.75, 3.05) is 7.11 Å². The molecule has 0 saturated carbocycles. The van der Waals surface area contributed by atoms with Gasteiger partial charge >= 0.3 is 5.97 Å².